The van der Waals surface area contributed by atoms with Gasteiger partial charge in [0, 0.05) is 19.3 Å². The molecule has 0 aliphatic carbocycles. The molecule has 0 amide bonds. The highest BCUT2D eigenvalue weighted by atomic mass is 16.6. The van der Waals surface area contributed by atoms with E-state index < -0.39 is 6.10 Å². The van der Waals surface area contributed by atoms with E-state index in [1.165, 1.54) is 109 Å². The Kier molecular flexibility index (Phi) is 39.0. The predicted octanol–water partition coefficient (Wildman–Crippen LogP) is 13.6. The van der Waals surface area contributed by atoms with Crippen LogP contribution in [0.1, 0.15) is 226 Å². The van der Waals surface area contributed by atoms with Crippen LogP contribution in [0.3, 0.4) is 0 Å². The first-order chi connectivity index (χ1) is 25.0. The van der Waals surface area contributed by atoms with Crippen molar-refractivity contribution >= 4 is 17.9 Å². The Balaban J connectivity index is 4.38. The van der Waals surface area contributed by atoms with Gasteiger partial charge in [0.25, 0.3) is 0 Å². The Morgan fingerprint density at radius 3 is 1.04 bits per heavy atom. The third kappa shape index (κ3) is 38.9. The van der Waals surface area contributed by atoms with Crippen molar-refractivity contribution in [3.63, 3.8) is 0 Å². The second-order valence-electron chi connectivity index (χ2n) is 14.6. The zero-order valence-electron chi connectivity index (χ0n) is 33.9. The summed E-state index contributed by atoms with van der Waals surface area (Å²) in [6, 6.07) is 0. The van der Waals surface area contributed by atoms with Crippen LogP contribution >= 0.6 is 0 Å². The SMILES string of the molecule is CCCC/C=C\CCCCCCCC(=O)OC[C@@H](COC(=O)CCCCCCCCCCCCC)OC(=O)CCCCCCC/C=C\CCCC. The maximum absolute atomic E-state index is 12.7. The summed E-state index contributed by atoms with van der Waals surface area (Å²) in [6.07, 6.45) is 43.0. The molecular formula is C45H82O6. The molecule has 1 atom stereocenters. The van der Waals surface area contributed by atoms with Crippen molar-refractivity contribution in [1.29, 1.82) is 0 Å². The molecule has 51 heavy (non-hydrogen) atoms. The van der Waals surface area contributed by atoms with Crippen molar-refractivity contribution < 1.29 is 28.6 Å². The van der Waals surface area contributed by atoms with Crippen LogP contribution in [0.4, 0.5) is 0 Å². The number of rotatable bonds is 39. The van der Waals surface area contributed by atoms with Crippen LogP contribution in [0.2, 0.25) is 0 Å². The highest BCUT2D eigenvalue weighted by Gasteiger charge is 2.19. The van der Waals surface area contributed by atoms with E-state index in [0.29, 0.717) is 19.3 Å². The number of carbonyl (C=O) groups is 3. The Bertz CT molecular complexity index is 835. The van der Waals surface area contributed by atoms with Gasteiger partial charge in [-0.05, 0) is 57.8 Å². The summed E-state index contributed by atoms with van der Waals surface area (Å²) in [6.45, 7) is 6.53. The van der Waals surface area contributed by atoms with Gasteiger partial charge in [0.15, 0.2) is 6.10 Å². The van der Waals surface area contributed by atoms with Gasteiger partial charge in [-0.3, -0.25) is 14.4 Å². The predicted molar refractivity (Wildman–Crippen MR) is 215 cm³/mol. The summed E-state index contributed by atoms with van der Waals surface area (Å²) in [4.78, 5) is 37.6. The molecule has 0 N–H and O–H groups in total. The lowest BCUT2D eigenvalue weighted by Gasteiger charge is -2.18. The second-order valence-corrected chi connectivity index (χ2v) is 14.6. The van der Waals surface area contributed by atoms with E-state index in [2.05, 4.69) is 45.1 Å². The minimum absolute atomic E-state index is 0.0749. The lowest BCUT2D eigenvalue weighted by molar-refractivity contribution is -0.167. The van der Waals surface area contributed by atoms with Crippen LogP contribution in [0.25, 0.3) is 0 Å². The molecule has 6 nitrogen and oxygen atoms in total. The van der Waals surface area contributed by atoms with Crippen molar-refractivity contribution in [2.24, 2.45) is 0 Å². The summed E-state index contributed by atoms with van der Waals surface area (Å²) in [5.74, 6) is -0.895. The van der Waals surface area contributed by atoms with Gasteiger partial charge in [-0.25, -0.2) is 0 Å². The van der Waals surface area contributed by atoms with Crippen molar-refractivity contribution in [1.82, 2.24) is 0 Å². The average molecular weight is 719 g/mol. The first kappa shape index (κ1) is 48.9. The fraction of sp³-hybridized carbons (Fsp3) is 0.844. The molecule has 0 fully saturated rings. The first-order valence-electron chi connectivity index (χ1n) is 21.8. The van der Waals surface area contributed by atoms with Gasteiger partial charge in [0.05, 0.1) is 0 Å². The summed E-state index contributed by atoms with van der Waals surface area (Å²) >= 11 is 0. The van der Waals surface area contributed by atoms with E-state index in [9.17, 15) is 14.4 Å². The minimum atomic E-state index is -0.771. The molecule has 0 unspecified atom stereocenters. The third-order valence-corrected chi connectivity index (χ3v) is 9.43. The van der Waals surface area contributed by atoms with Gasteiger partial charge in [-0.2, -0.15) is 0 Å². The fourth-order valence-electron chi connectivity index (χ4n) is 6.05. The average Bonchev–Trinajstić information content (AvgIpc) is 3.12. The standard InChI is InChI=1S/C45H82O6/c1-4-7-10-13-16-19-22-25-28-31-34-37-43(46)49-40-42(51-45(48)39-36-33-30-27-24-21-18-15-12-9-6-3)41-50-44(47)38-35-32-29-26-23-20-17-14-11-8-5-2/h13,15-16,18,42H,4-12,14,17,19-41H2,1-3H3/b16-13-,18-15-/t42-/m0/s1. The van der Waals surface area contributed by atoms with E-state index >= 15 is 0 Å². The maximum Gasteiger partial charge on any atom is 0.306 e. The van der Waals surface area contributed by atoms with E-state index in [0.717, 1.165) is 77.0 Å². The lowest BCUT2D eigenvalue weighted by atomic mass is 10.1. The molecule has 0 aliphatic heterocycles. The third-order valence-electron chi connectivity index (χ3n) is 9.43. The number of hydrogen-bond donors (Lipinski definition) is 0. The largest absolute Gasteiger partial charge is 0.462 e. The molecule has 0 aromatic rings. The van der Waals surface area contributed by atoms with E-state index in [1.807, 2.05) is 0 Å². The van der Waals surface area contributed by atoms with E-state index in [4.69, 9.17) is 14.2 Å². The van der Waals surface area contributed by atoms with Gasteiger partial charge in [-0.15, -0.1) is 0 Å². The van der Waals surface area contributed by atoms with Gasteiger partial charge in [0.2, 0.25) is 0 Å². The van der Waals surface area contributed by atoms with E-state index in [1.54, 1.807) is 0 Å². The molecule has 0 radical (unpaired) electrons. The van der Waals surface area contributed by atoms with E-state index in [-0.39, 0.29) is 31.1 Å². The van der Waals surface area contributed by atoms with Gasteiger partial charge in [-0.1, -0.05) is 173 Å². The summed E-state index contributed by atoms with van der Waals surface area (Å²) in [7, 11) is 0. The Labute approximate surface area is 315 Å². The molecule has 0 heterocycles. The van der Waals surface area contributed by atoms with Crippen molar-refractivity contribution in [3.05, 3.63) is 24.3 Å². The molecule has 0 aromatic heterocycles. The molecular weight excluding hydrogens is 636 g/mol. The molecule has 0 saturated carbocycles. The molecule has 0 aliphatic rings. The Morgan fingerprint density at radius 2 is 0.667 bits per heavy atom. The highest BCUT2D eigenvalue weighted by Crippen LogP contribution is 2.14. The summed E-state index contributed by atoms with van der Waals surface area (Å²) in [5.41, 5.74) is 0. The monoisotopic (exact) mass is 719 g/mol. The molecule has 298 valence electrons. The molecule has 0 aromatic carbocycles. The van der Waals surface area contributed by atoms with Gasteiger partial charge < -0.3 is 14.2 Å². The van der Waals surface area contributed by atoms with Crippen LogP contribution in [-0.4, -0.2) is 37.2 Å². The smallest absolute Gasteiger partial charge is 0.306 e. The van der Waals surface area contributed by atoms with Crippen LogP contribution in [0, 0.1) is 0 Å². The first-order valence-corrected chi connectivity index (χ1v) is 21.8. The lowest BCUT2D eigenvalue weighted by Crippen LogP contribution is -2.30. The maximum atomic E-state index is 12.7. The Morgan fingerprint density at radius 1 is 0.373 bits per heavy atom. The minimum Gasteiger partial charge on any atom is -0.462 e. The Hall–Kier alpha value is -2.11. The number of allylic oxidation sites excluding steroid dienone is 4. The van der Waals surface area contributed by atoms with Gasteiger partial charge in [0.1, 0.15) is 13.2 Å². The quantitative estimate of drug-likeness (QED) is 0.0272. The van der Waals surface area contributed by atoms with Crippen molar-refractivity contribution in [3.8, 4) is 0 Å². The molecule has 0 rings (SSSR count). The van der Waals surface area contributed by atoms with Crippen LogP contribution in [0.15, 0.2) is 24.3 Å². The molecule has 0 spiro atoms. The highest BCUT2D eigenvalue weighted by molar-refractivity contribution is 5.71. The van der Waals surface area contributed by atoms with Gasteiger partial charge >= 0.3 is 17.9 Å². The number of hydrogen-bond acceptors (Lipinski definition) is 6. The summed E-state index contributed by atoms with van der Waals surface area (Å²) in [5, 5.41) is 0. The fourth-order valence-corrected chi connectivity index (χ4v) is 6.05. The number of ether oxygens (including phenoxy) is 3. The zero-order chi connectivity index (χ0) is 37.3. The molecule has 6 heteroatoms. The molecule has 0 bridgehead atoms. The number of carbonyl (C=O) groups excluding carboxylic acids is 3. The van der Waals surface area contributed by atoms with Crippen LogP contribution in [-0.2, 0) is 28.6 Å². The summed E-state index contributed by atoms with van der Waals surface area (Å²) < 4.78 is 16.6. The number of unbranched alkanes of at least 4 members (excludes halogenated alkanes) is 24. The zero-order valence-corrected chi connectivity index (χ0v) is 33.9. The second kappa shape index (κ2) is 40.7. The van der Waals surface area contributed by atoms with Crippen LogP contribution < -0.4 is 0 Å². The van der Waals surface area contributed by atoms with Crippen LogP contribution in [0.5, 0.6) is 0 Å². The van der Waals surface area contributed by atoms with Crippen molar-refractivity contribution in [2.45, 2.75) is 232 Å². The van der Waals surface area contributed by atoms with Crippen molar-refractivity contribution in [2.75, 3.05) is 13.2 Å². The topological polar surface area (TPSA) is 78.9 Å². The normalized spacial score (nSPS) is 12.1. The number of esters is 3. The molecule has 0 saturated heterocycles.